The van der Waals surface area contributed by atoms with Gasteiger partial charge in [-0.1, -0.05) is 20.4 Å². The summed E-state index contributed by atoms with van der Waals surface area (Å²) in [7, 11) is 0. The van der Waals surface area contributed by atoms with Crippen molar-refractivity contribution in [2.24, 2.45) is 0 Å². The van der Waals surface area contributed by atoms with E-state index in [0.717, 1.165) is 11.6 Å². The van der Waals surface area contributed by atoms with Crippen molar-refractivity contribution < 1.29 is 9.59 Å². The van der Waals surface area contributed by atoms with Gasteiger partial charge in [-0.05, 0) is 37.3 Å². The number of amides is 2. The van der Waals surface area contributed by atoms with Crippen molar-refractivity contribution in [1.82, 2.24) is 19.7 Å². The highest BCUT2D eigenvalue weighted by Crippen LogP contribution is 2.28. The fourth-order valence-electron chi connectivity index (χ4n) is 3.17. The predicted molar refractivity (Wildman–Crippen MR) is 98.8 cm³/mol. The van der Waals surface area contributed by atoms with Crippen LogP contribution >= 0.6 is 0 Å². The van der Waals surface area contributed by atoms with Gasteiger partial charge < -0.3 is 14.8 Å². The highest BCUT2D eigenvalue weighted by molar-refractivity contribution is 5.99. The van der Waals surface area contributed by atoms with Crippen LogP contribution in [0, 0.1) is 0 Å². The molecular formula is C19H23N5O2. The van der Waals surface area contributed by atoms with Crippen LogP contribution in [0.2, 0.25) is 0 Å². The third-order valence-electron chi connectivity index (χ3n) is 4.58. The second-order valence-corrected chi connectivity index (χ2v) is 6.67. The van der Waals surface area contributed by atoms with Gasteiger partial charge in [-0.2, -0.15) is 0 Å². The number of aromatic nitrogens is 3. The van der Waals surface area contributed by atoms with Crippen LogP contribution in [-0.2, 0) is 11.3 Å². The molecule has 0 bridgehead atoms. The summed E-state index contributed by atoms with van der Waals surface area (Å²) in [5, 5.41) is 11.3. The van der Waals surface area contributed by atoms with Crippen LogP contribution in [0.1, 0.15) is 54.7 Å². The lowest BCUT2D eigenvalue weighted by Crippen LogP contribution is -2.41. The van der Waals surface area contributed by atoms with Gasteiger partial charge in [0.05, 0.1) is 6.04 Å². The van der Waals surface area contributed by atoms with E-state index in [1.165, 1.54) is 6.08 Å². The SMILES string of the molecule is C=CC(=O)Nc1ccc(C(=O)N2CCn3c(C(C)C)nnc3C2C)cc1. The third-order valence-corrected chi connectivity index (χ3v) is 4.58. The van der Waals surface area contributed by atoms with Gasteiger partial charge in [0.1, 0.15) is 5.82 Å². The van der Waals surface area contributed by atoms with Crippen molar-refractivity contribution in [2.45, 2.75) is 39.3 Å². The standard InChI is InChI=1S/C19H23N5O2/c1-5-16(25)20-15-8-6-14(7-9-15)19(26)23-10-11-24-17(12(2)3)21-22-18(24)13(23)4/h5-9,12-13H,1,10-11H2,2-4H3,(H,20,25). The topological polar surface area (TPSA) is 80.1 Å². The molecule has 26 heavy (non-hydrogen) atoms. The monoisotopic (exact) mass is 353 g/mol. The number of anilines is 1. The van der Waals surface area contributed by atoms with Gasteiger partial charge in [-0.25, -0.2) is 0 Å². The number of carbonyl (C=O) groups is 2. The molecule has 0 fully saturated rings. The molecule has 3 rings (SSSR count). The fourth-order valence-corrected chi connectivity index (χ4v) is 3.17. The van der Waals surface area contributed by atoms with Crippen LogP contribution < -0.4 is 5.32 Å². The van der Waals surface area contributed by atoms with E-state index >= 15 is 0 Å². The molecule has 2 aromatic rings. The summed E-state index contributed by atoms with van der Waals surface area (Å²) < 4.78 is 2.12. The minimum atomic E-state index is -0.283. The van der Waals surface area contributed by atoms with E-state index in [1.54, 1.807) is 24.3 Å². The number of fused-ring (bicyclic) bond motifs is 1. The molecule has 2 amide bonds. The summed E-state index contributed by atoms with van der Waals surface area (Å²) in [5.41, 5.74) is 1.20. The van der Waals surface area contributed by atoms with Crippen LogP contribution in [0.25, 0.3) is 0 Å². The summed E-state index contributed by atoms with van der Waals surface area (Å²) in [5.74, 6) is 1.74. The summed E-state index contributed by atoms with van der Waals surface area (Å²) in [6.45, 7) is 10.9. The molecule has 2 heterocycles. The van der Waals surface area contributed by atoms with E-state index in [1.807, 2.05) is 11.8 Å². The van der Waals surface area contributed by atoms with E-state index in [-0.39, 0.29) is 17.9 Å². The van der Waals surface area contributed by atoms with Gasteiger partial charge in [0, 0.05) is 30.3 Å². The predicted octanol–water partition coefficient (Wildman–Crippen LogP) is 2.74. The first-order valence-corrected chi connectivity index (χ1v) is 8.69. The molecule has 0 aliphatic carbocycles. The number of hydrogen-bond acceptors (Lipinski definition) is 4. The van der Waals surface area contributed by atoms with Crippen molar-refractivity contribution in [3.63, 3.8) is 0 Å². The van der Waals surface area contributed by atoms with Crippen molar-refractivity contribution in [3.05, 3.63) is 54.1 Å². The Morgan fingerprint density at radius 1 is 1.23 bits per heavy atom. The van der Waals surface area contributed by atoms with E-state index in [9.17, 15) is 9.59 Å². The molecule has 7 nitrogen and oxygen atoms in total. The lowest BCUT2D eigenvalue weighted by molar-refractivity contribution is -0.111. The number of benzene rings is 1. The fraction of sp³-hybridized carbons (Fsp3) is 0.368. The number of carbonyl (C=O) groups excluding carboxylic acids is 2. The number of nitrogens with zero attached hydrogens (tertiary/aromatic N) is 4. The number of nitrogens with one attached hydrogen (secondary N) is 1. The lowest BCUT2D eigenvalue weighted by Gasteiger charge is -2.34. The van der Waals surface area contributed by atoms with E-state index in [4.69, 9.17) is 0 Å². The Labute approximate surface area is 152 Å². The van der Waals surface area contributed by atoms with Gasteiger partial charge in [0.25, 0.3) is 5.91 Å². The van der Waals surface area contributed by atoms with Gasteiger partial charge in [0.2, 0.25) is 5.91 Å². The van der Waals surface area contributed by atoms with Gasteiger partial charge >= 0.3 is 0 Å². The van der Waals surface area contributed by atoms with Crippen LogP contribution in [0.3, 0.4) is 0 Å². The Morgan fingerprint density at radius 3 is 2.54 bits per heavy atom. The summed E-state index contributed by atoms with van der Waals surface area (Å²) in [6.07, 6.45) is 1.20. The first-order valence-electron chi connectivity index (χ1n) is 8.69. The molecule has 0 saturated carbocycles. The Morgan fingerprint density at radius 2 is 1.92 bits per heavy atom. The highest BCUT2D eigenvalue weighted by Gasteiger charge is 2.32. The van der Waals surface area contributed by atoms with Gasteiger partial charge in [-0.3, -0.25) is 9.59 Å². The first-order chi connectivity index (χ1) is 12.4. The quantitative estimate of drug-likeness (QED) is 0.857. The molecule has 0 spiro atoms. The average Bonchev–Trinajstić information content (AvgIpc) is 3.07. The maximum atomic E-state index is 12.9. The molecule has 1 aliphatic heterocycles. The minimum absolute atomic E-state index is 0.0561. The van der Waals surface area contributed by atoms with Crippen molar-refractivity contribution >= 4 is 17.5 Å². The van der Waals surface area contributed by atoms with Crippen molar-refractivity contribution in [1.29, 1.82) is 0 Å². The summed E-state index contributed by atoms with van der Waals surface area (Å²) >= 11 is 0. The molecule has 1 unspecified atom stereocenters. The zero-order valence-electron chi connectivity index (χ0n) is 15.3. The highest BCUT2D eigenvalue weighted by atomic mass is 16.2. The van der Waals surface area contributed by atoms with Crippen molar-refractivity contribution in [2.75, 3.05) is 11.9 Å². The molecule has 1 atom stereocenters. The summed E-state index contributed by atoms with van der Waals surface area (Å²) in [4.78, 5) is 26.1. The molecule has 0 radical (unpaired) electrons. The van der Waals surface area contributed by atoms with Gasteiger partial charge in [-0.15, -0.1) is 10.2 Å². The zero-order chi connectivity index (χ0) is 18.8. The molecule has 1 aromatic heterocycles. The number of rotatable bonds is 4. The van der Waals surface area contributed by atoms with E-state index < -0.39 is 0 Å². The Balaban J connectivity index is 1.78. The Hall–Kier alpha value is -2.96. The maximum Gasteiger partial charge on any atom is 0.254 e. The third kappa shape index (κ3) is 3.24. The van der Waals surface area contributed by atoms with Crippen molar-refractivity contribution in [3.8, 4) is 0 Å². The summed E-state index contributed by atoms with van der Waals surface area (Å²) in [6, 6.07) is 6.71. The lowest BCUT2D eigenvalue weighted by atomic mass is 10.1. The molecule has 7 heteroatoms. The largest absolute Gasteiger partial charge is 0.327 e. The Bertz CT molecular complexity index is 838. The molecular weight excluding hydrogens is 330 g/mol. The van der Waals surface area contributed by atoms with E-state index in [2.05, 4.69) is 40.5 Å². The maximum absolute atomic E-state index is 12.9. The molecule has 136 valence electrons. The first kappa shape index (κ1) is 17.8. The zero-order valence-corrected chi connectivity index (χ0v) is 15.3. The van der Waals surface area contributed by atoms with Crippen LogP contribution in [0.15, 0.2) is 36.9 Å². The Kier molecular flexibility index (Phi) is 4.88. The van der Waals surface area contributed by atoms with E-state index in [0.29, 0.717) is 30.3 Å². The molecule has 0 saturated heterocycles. The van der Waals surface area contributed by atoms with Gasteiger partial charge in [0.15, 0.2) is 5.82 Å². The van der Waals surface area contributed by atoms with Crippen LogP contribution in [-0.4, -0.2) is 38.0 Å². The normalized spacial score (nSPS) is 16.3. The number of hydrogen-bond donors (Lipinski definition) is 1. The molecule has 1 aliphatic rings. The molecule has 1 aromatic carbocycles. The second-order valence-electron chi connectivity index (χ2n) is 6.67. The minimum Gasteiger partial charge on any atom is -0.327 e. The van der Waals surface area contributed by atoms with Crippen LogP contribution in [0.4, 0.5) is 5.69 Å². The second kappa shape index (κ2) is 7.11. The van der Waals surface area contributed by atoms with Crippen LogP contribution in [0.5, 0.6) is 0 Å². The average molecular weight is 353 g/mol. The smallest absolute Gasteiger partial charge is 0.254 e. The molecule has 1 N–H and O–H groups in total.